The Morgan fingerprint density at radius 2 is 1.40 bits per heavy atom. The van der Waals surface area contributed by atoms with Crippen LogP contribution in [0.15, 0.2) is 79.0 Å². The van der Waals surface area contributed by atoms with Gasteiger partial charge in [-0.1, -0.05) is 60.7 Å². The van der Waals surface area contributed by atoms with Crippen molar-refractivity contribution < 1.29 is 29.3 Å². The van der Waals surface area contributed by atoms with E-state index < -0.39 is 11.9 Å². The van der Waals surface area contributed by atoms with E-state index in [-0.39, 0.29) is 12.8 Å². The molecule has 7 heteroatoms. The van der Waals surface area contributed by atoms with E-state index in [1.54, 1.807) is 0 Å². The highest BCUT2D eigenvalue weighted by Gasteiger charge is 2.13. The number of carboxylic acid groups (broad SMARTS) is 2. The third-order valence-electron chi connectivity index (χ3n) is 6.57. The van der Waals surface area contributed by atoms with E-state index in [9.17, 15) is 14.7 Å². The Hall–Kier alpha value is -4.52. The first kappa shape index (κ1) is 28.5. The molecule has 4 rings (SSSR count). The number of ether oxygens (including phenoxy) is 2. The first-order valence-corrected chi connectivity index (χ1v) is 13.6. The second kappa shape index (κ2) is 14.6. The Bertz CT molecular complexity index is 1420. The average molecular weight is 542 g/mol. The maximum absolute atomic E-state index is 11.2. The molecule has 4 aromatic rings. The summed E-state index contributed by atoms with van der Waals surface area (Å²) in [4.78, 5) is 22.2. The number of aryl methyl sites for hydroxylation is 2. The predicted molar refractivity (Wildman–Crippen MR) is 157 cm³/mol. The maximum Gasteiger partial charge on any atom is 0.305 e. The smallest absolute Gasteiger partial charge is 0.305 e. The van der Waals surface area contributed by atoms with Crippen molar-refractivity contribution in [1.82, 2.24) is 4.57 Å². The second-order valence-electron chi connectivity index (χ2n) is 9.60. The molecule has 0 saturated heterocycles. The molecule has 0 aliphatic carbocycles. The molecule has 0 saturated carbocycles. The fourth-order valence-corrected chi connectivity index (χ4v) is 4.58. The minimum absolute atomic E-state index is 0.0118. The molecular weight excluding hydrogens is 506 g/mol. The first-order valence-electron chi connectivity index (χ1n) is 13.6. The molecule has 0 spiro atoms. The topological polar surface area (TPSA) is 98.0 Å². The summed E-state index contributed by atoms with van der Waals surface area (Å²) in [5, 5.41) is 19.3. The van der Waals surface area contributed by atoms with Crippen LogP contribution in [0.25, 0.3) is 23.1 Å². The largest absolute Gasteiger partial charge is 0.494 e. The van der Waals surface area contributed by atoms with Gasteiger partial charge in [-0.15, -0.1) is 0 Å². The molecule has 2 N–H and O–H groups in total. The molecule has 3 aromatic carbocycles. The lowest BCUT2D eigenvalue weighted by atomic mass is 10.0. The number of hydrogen-bond donors (Lipinski definition) is 2. The van der Waals surface area contributed by atoms with Gasteiger partial charge < -0.3 is 24.3 Å². The number of nitrogens with zero attached hydrogens (tertiary/aromatic N) is 1. The highest BCUT2D eigenvalue weighted by Crippen LogP contribution is 2.28. The number of carbonyl (C=O) groups is 2. The van der Waals surface area contributed by atoms with Crippen LogP contribution in [0.4, 0.5) is 0 Å². The predicted octanol–water partition coefficient (Wildman–Crippen LogP) is 6.93. The summed E-state index contributed by atoms with van der Waals surface area (Å²) in [7, 11) is 0. The minimum atomic E-state index is -0.856. The van der Waals surface area contributed by atoms with E-state index in [1.807, 2.05) is 95.7 Å². The zero-order chi connectivity index (χ0) is 28.2. The third kappa shape index (κ3) is 8.50. The van der Waals surface area contributed by atoms with Crippen LogP contribution in [0.5, 0.6) is 11.5 Å². The highest BCUT2D eigenvalue weighted by molar-refractivity contribution is 5.93. The van der Waals surface area contributed by atoms with Crippen LogP contribution in [0.2, 0.25) is 0 Å². The van der Waals surface area contributed by atoms with Gasteiger partial charge in [-0.2, -0.15) is 0 Å². The normalized spacial score (nSPS) is 11.2. The second-order valence-corrected chi connectivity index (χ2v) is 9.60. The zero-order valence-electron chi connectivity index (χ0n) is 22.5. The molecule has 1 aromatic heterocycles. The molecule has 208 valence electrons. The van der Waals surface area contributed by atoms with Crippen LogP contribution in [-0.2, 0) is 22.6 Å². The summed E-state index contributed by atoms with van der Waals surface area (Å²) in [5.74, 6) is 0.0259. The fraction of sp³-hybridized carbons (Fsp3) is 0.273. The number of benzene rings is 3. The first-order chi connectivity index (χ1) is 19.5. The van der Waals surface area contributed by atoms with Gasteiger partial charge in [0.25, 0.3) is 0 Å². The van der Waals surface area contributed by atoms with Gasteiger partial charge in [-0.25, -0.2) is 0 Å². The van der Waals surface area contributed by atoms with Gasteiger partial charge in [-0.05, 0) is 66.6 Å². The van der Waals surface area contributed by atoms with Gasteiger partial charge in [0.05, 0.1) is 25.2 Å². The van der Waals surface area contributed by atoms with E-state index in [4.69, 9.17) is 14.6 Å². The minimum Gasteiger partial charge on any atom is -0.494 e. The van der Waals surface area contributed by atoms with Crippen LogP contribution in [0.3, 0.4) is 0 Å². The van der Waals surface area contributed by atoms with Crippen molar-refractivity contribution in [2.45, 2.75) is 45.1 Å². The fourth-order valence-electron chi connectivity index (χ4n) is 4.58. The van der Waals surface area contributed by atoms with Crippen molar-refractivity contribution in [1.29, 1.82) is 0 Å². The number of rotatable bonds is 16. The van der Waals surface area contributed by atoms with Crippen LogP contribution >= 0.6 is 0 Å². The molecule has 0 amide bonds. The maximum atomic E-state index is 11.2. The molecule has 0 bridgehead atoms. The number of aliphatic carboxylic acids is 2. The zero-order valence-corrected chi connectivity index (χ0v) is 22.5. The van der Waals surface area contributed by atoms with Gasteiger partial charge >= 0.3 is 11.9 Å². The van der Waals surface area contributed by atoms with Crippen molar-refractivity contribution in [3.05, 3.63) is 95.7 Å². The molecule has 0 aliphatic heterocycles. The molecule has 0 aliphatic rings. The number of carboxylic acids is 2. The van der Waals surface area contributed by atoms with E-state index >= 15 is 0 Å². The van der Waals surface area contributed by atoms with Gasteiger partial charge in [0.2, 0.25) is 0 Å². The van der Waals surface area contributed by atoms with E-state index in [0.29, 0.717) is 32.6 Å². The highest BCUT2D eigenvalue weighted by atomic mass is 16.5. The lowest BCUT2D eigenvalue weighted by Crippen LogP contribution is -2.04. The summed E-state index contributed by atoms with van der Waals surface area (Å²) in [6.07, 6.45) is 9.10. The molecule has 0 radical (unpaired) electrons. The van der Waals surface area contributed by atoms with Crippen molar-refractivity contribution >= 4 is 35.0 Å². The molecule has 0 unspecified atom stereocenters. The number of unbranched alkanes of at least 4 members (excludes halogenated alkanes) is 1. The Labute approximate surface area is 234 Å². The van der Waals surface area contributed by atoms with Gasteiger partial charge in [0.15, 0.2) is 0 Å². The van der Waals surface area contributed by atoms with Crippen molar-refractivity contribution in [2.24, 2.45) is 0 Å². The molecular formula is C33H35NO6. The summed E-state index contributed by atoms with van der Waals surface area (Å²) in [6, 6.07) is 23.7. The van der Waals surface area contributed by atoms with Crippen LogP contribution in [-0.4, -0.2) is 39.9 Å². The quantitative estimate of drug-likeness (QED) is 0.118. The SMILES string of the molecule is O=C(O)CCCc1cn(CCC(=O)O)c2c(/C=C/c3ccc(OCCCCOc4ccccc4)cc3)cccc12. The summed E-state index contributed by atoms with van der Waals surface area (Å²) in [5.41, 5.74) is 3.99. The summed E-state index contributed by atoms with van der Waals surface area (Å²) in [6.45, 7) is 1.63. The number of aromatic nitrogens is 1. The number of hydrogen-bond acceptors (Lipinski definition) is 4. The summed E-state index contributed by atoms with van der Waals surface area (Å²) < 4.78 is 13.6. The molecule has 7 nitrogen and oxygen atoms in total. The van der Waals surface area contributed by atoms with Crippen LogP contribution in [0, 0.1) is 0 Å². The Morgan fingerprint density at radius 3 is 2.08 bits per heavy atom. The number of fused-ring (bicyclic) bond motifs is 1. The van der Waals surface area contributed by atoms with Crippen LogP contribution in [0.1, 0.15) is 48.8 Å². The summed E-state index contributed by atoms with van der Waals surface area (Å²) >= 11 is 0. The Kier molecular flexibility index (Phi) is 10.4. The monoisotopic (exact) mass is 541 g/mol. The van der Waals surface area contributed by atoms with Crippen LogP contribution < -0.4 is 9.47 Å². The van der Waals surface area contributed by atoms with Gasteiger partial charge in [-0.3, -0.25) is 9.59 Å². The molecule has 1 heterocycles. The van der Waals surface area contributed by atoms with Gasteiger partial charge in [0.1, 0.15) is 11.5 Å². The van der Waals surface area contributed by atoms with Crippen molar-refractivity contribution in [2.75, 3.05) is 13.2 Å². The third-order valence-corrected chi connectivity index (χ3v) is 6.57. The van der Waals surface area contributed by atoms with E-state index in [1.165, 1.54) is 0 Å². The lowest BCUT2D eigenvalue weighted by Gasteiger charge is -2.08. The van der Waals surface area contributed by atoms with Crippen molar-refractivity contribution in [3.63, 3.8) is 0 Å². The van der Waals surface area contributed by atoms with Gasteiger partial charge in [0, 0.05) is 24.5 Å². The molecule has 40 heavy (non-hydrogen) atoms. The average Bonchev–Trinajstić information content (AvgIpc) is 3.31. The van der Waals surface area contributed by atoms with E-state index in [2.05, 4.69) is 0 Å². The standard InChI is InChI=1S/C33H35NO6/c35-31(36)13-7-9-27-24-34(21-20-32(37)38)33-26(8-6-12-30(27)33)17-14-25-15-18-29(19-16-25)40-23-5-4-22-39-28-10-2-1-3-11-28/h1-3,6,8,10-12,14-19,24H,4-5,7,9,13,20-23H2,(H,35,36)(H,37,38)/b17-14+. The van der Waals surface area contributed by atoms with Crippen molar-refractivity contribution in [3.8, 4) is 11.5 Å². The molecule has 0 atom stereocenters. The lowest BCUT2D eigenvalue weighted by molar-refractivity contribution is -0.138. The Balaban J connectivity index is 1.36. The Morgan fingerprint density at radius 1 is 0.725 bits per heavy atom. The number of para-hydroxylation sites is 2. The van der Waals surface area contributed by atoms with E-state index in [0.717, 1.165) is 51.9 Å². The molecule has 0 fully saturated rings.